The molecule has 2 rings (SSSR count). The third-order valence-corrected chi connectivity index (χ3v) is 4.26. The lowest BCUT2D eigenvalue weighted by Gasteiger charge is -2.34. The van der Waals surface area contributed by atoms with E-state index in [4.69, 9.17) is 4.74 Å². The van der Waals surface area contributed by atoms with Gasteiger partial charge in [-0.25, -0.2) is 4.79 Å². The summed E-state index contributed by atoms with van der Waals surface area (Å²) in [6, 6.07) is 0.161. The first-order chi connectivity index (χ1) is 9.72. The highest BCUT2D eigenvalue weighted by Gasteiger charge is 2.30. The number of carbonyl (C=O) groups is 2. The van der Waals surface area contributed by atoms with Gasteiger partial charge in [0.2, 0.25) is 0 Å². The Morgan fingerprint density at radius 1 is 0.950 bits per heavy atom. The highest BCUT2D eigenvalue weighted by atomic mass is 16.5. The molecule has 0 saturated carbocycles. The Bertz CT molecular complexity index is 330. The number of nitrogens with zero attached hydrogens (tertiary/aromatic N) is 2. The summed E-state index contributed by atoms with van der Waals surface area (Å²) in [6.07, 6.45) is 6.16. The van der Waals surface area contributed by atoms with Crippen LogP contribution in [0.3, 0.4) is 0 Å². The molecule has 2 saturated heterocycles. The SMILES string of the molecule is CCOC(=O)C1CCN(C(=O)N2CCCCCC2)CC1. The van der Waals surface area contributed by atoms with Crippen LogP contribution in [0.2, 0.25) is 0 Å². The molecule has 2 fully saturated rings. The molecule has 0 N–H and O–H groups in total. The summed E-state index contributed by atoms with van der Waals surface area (Å²) in [5.74, 6) is -0.127. The second-order valence-corrected chi connectivity index (χ2v) is 5.70. The number of hydrogen-bond acceptors (Lipinski definition) is 3. The number of likely N-dealkylation sites (tertiary alicyclic amines) is 2. The van der Waals surface area contributed by atoms with Crippen LogP contribution in [-0.2, 0) is 9.53 Å². The van der Waals surface area contributed by atoms with Crippen LogP contribution < -0.4 is 0 Å². The lowest BCUT2D eigenvalue weighted by atomic mass is 9.97. The van der Waals surface area contributed by atoms with E-state index in [0.717, 1.165) is 38.8 Å². The van der Waals surface area contributed by atoms with E-state index in [0.29, 0.717) is 19.7 Å². The summed E-state index contributed by atoms with van der Waals surface area (Å²) in [7, 11) is 0. The molecule has 20 heavy (non-hydrogen) atoms. The lowest BCUT2D eigenvalue weighted by Crippen LogP contribution is -2.47. The van der Waals surface area contributed by atoms with Gasteiger partial charge in [0.1, 0.15) is 0 Å². The molecule has 2 aliphatic rings. The average Bonchev–Trinajstić information content (AvgIpc) is 2.76. The molecule has 114 valence electrons. The second kappa shape index (κ2) is 7.50. The zero-order valence-electron chi connectivity index (χ0n) is 12.5. The van der Waals surface area contributed by atoms with Gasteiger partial charge in [-0.1, -0.05) is 12.8 Å². The molecule has 0 aromatic rings. The van der Waals surface area contributed by atoms with Crippen molar-refractivity contribution in [1.82, 2.24) is 9.80 Å². The van der Waals surface area contributed by atoms with Crippen LogP contribution in [0.15, 0.2) is 0 Å². The largest absolute Gasteiger partial charge is 0.466 e. The van der Waals surface area contributed by atoms with Gasteiger partial charge in [-0.2, -0.15) is 0 Å². The molecule has 5 nitrogen and oxygen atoms in total. The van der Waals surface area contributed by atoms with E-state index in [9.17, 15) is 9.59 Å². The molecule has 0 aromatic heterocycles. The van der Waals surface area contributed by atoms with Crippen molar-refractivity contribution in [1.29, 1.82) is 0 Å². The standard InChI is InChI=1S/C15H26N2O3/c1-2-20-14(18)13-7-11-17(12-8-13)15(19)16-9-5-3-4-6-10-16/h13H,2-12H2,1H3. The van der Waals surface area contributed by atoms with Gasteiger partial charge in [-0.15, -0.1) is 0 Å². The number of urea groups is 1. The van der Waals surface area contributed by atoms with Gasteiger partial charge in [-0.05, 0) is 32.6 Å². The Labute approximate surface area is 121 Å². The number of rotatable bonds is 2. The van der Waals surface area contributed by atoms with Crippen molar-refractivity contribution < 1.29 is 14.3 Å². The van der Waals surface area contributed by atoms with E-state index >= 15 is 0 Å². The Morgan fingerprint density at radius 2 is 1.50 bits per heavy atom. The number of esters is 1. The highest BCUT2D eigenvalue weighted by Crippen LogP contribution is 2.20. The normalized spacial score (nSPS) is 21.4. The third kappa shape index (κ3) is 3.87. The van der Waals surface area contributed by atoms with Crippen LogP contribution in [0.4, 0.5) is 4.79 Å². The maximum atomic E-state index is 12.4. The van der Waals surface area contributed by atoms with Crippen molar-refractivity contribution >= 4 is 12.0 Å². The minimum atomic E-state index is -0.102. The maximum absolute atomic E-state index is 12.4. The lowest BCUT2D eigenvalue weighted by molar-refractivity contribution is -0.149. The number of ether oxygens (including phenoxy) is 1. The molecule has 0 unspecified atom stereocenters. The van der Waals surface area contributed by atoms with Crippen LogP contribution in [0.1, 0.15) is 45.4 Å². The van der Waals surface area contributed by atoms with Gasteiger partial charge in [0.05, 0.1) is 12.5 Å². The van der Waals surface area contributed by atoms with Crippen molar-refractivity contribution in [3.8, 4) is 0 Å². The van der Waals surface area contributed by atoms with Crippen molar-refractivity contribution in [3.05, 3.63) is 0 Å². The van der Waals surface area contributed by atoms with Crippen molar-refractivity contribution in [2.24, 2.45) is 5.92 Å². The maximum Gasteiger partial charge on any atom is 0.319 e. The van der Waals surface area contributed by atoms with Gasteiger partial charge >= 0.3 is 12.0 Å². The molecule has 2 amide bonds. The van der Waals surface area contributed by atoms with Gasteiger partial charge in [-0.3, -0.25) is 4.79 Å². The van der Waals surface area contributed by atoms with E-state index in [1.807, 2.05) is 16.7 Å². The molecule has 0 bridgehead atoms. The molecule has 5 heteroatoms. The molecular formula is C15H26N2O3. The highest BCUT2D eigenvalue weighted by molar-refractivity contribution is 5.76. The number of hydrogen-bond donors (Lipinski definition) is 0. The van der Waals surface area contributed by atoms with Gasteiger partial charge < -0.3 is 14.5 Å². The van der Waals surface area contributed by atoms with Gasteiger partial charge in [0.25, 0.3) is 0 Å². The molecular weight excluding hydrogens is 256 g/mol. The van der Waals surface area contributed by atoms with Gasteiger partial charge in [0.15, 0.2) is 0 Å². The van der Waals surface area contributed by atoms with E-state index in [-0.39, 0.29) is 17.9 Å². The van der Waals surface area contributed by atoms with E-state index in [1.165, 1.54) is 12.8 Å². The zero-order chi connectivity index (χ0) is 14.4. The smallest absolute Gasteiger partial charge is 0.319 e. The summed E-state index contributed by atoms with van der Waals surface area (Å²) in [5, 5.41) is 0. The molecule has 2 heterocycles. The third-order valence-electron chi connectivity index (χ3n) is 4.26. The Kier molecular flexibility index (Phi) is 5.68. The molecule has 0 aliphatic carbocycles. The Balaban J connectivity index is 1.80. The summed E-state index contributed by atoms with van der Waals surface area (Å²) in [4.78, 5) is 28.0. The number of piperidine rings is 1. The molecule has 2 aliphatic heterocycles. The zero-order valence-corrected chi connectivity index (χ0v) is 12.5. The second-order valence-electron chi connectivity index (χ2n) is 5.70. The Hall–Kier alpha value is -1.26. The van der Waals surface area contributed by atoms with Crippen molar-refractivity contribution in [2.75, 3.05) is 32.8 Å². The topological polar surface area (TPSA) is 49.9 Å². The van der Waals surface area contributed by atoms with Gasteiger partial charge in [0, 0.05) is 26.2 Å². The minimum absolute atomic E-state index is 0.0249. The first kappa shape index (κ1) is 15.1. The monoisotopic (exact) mass is 282 g/mol. The van der Waals surface area contributed by atoms with Crippen LogP contribution in [0.5, 0.6) is 0 Å². The van der Waals surface area contributed by atoms with Crippen LogP contribution >= 0.6 is 0 Å². The van der Waals surface area contributed by atoms with Crippen molar-refractivity contribution in [3.63, 3.8) is 0 Å². The fourth-order valence-electron chi connectivity index (χ4n) is 3.03. The van der Waals surface area contributed by atoms with E-state index in [1.54, 1.807) is 0 Å². The van der Waals surface area contributed by atoms with E-state index in [2.05, 4.69) is 0 Å². The Morgan fingerprint density at radius 3 is 2.05 bits per heavy atom. The number of carbonyl (C=O) groups excluding carboxylic acids is 2. The van der Waals surface area contributed by atoms with Crippen LogP contribution in [-0.4, -0.2) is 54.6 Å². The quantitative estimate of drug-likeness (QED) is 0.730. The molecule has 0 aromatic carbocycles. The molecule has 0 spiro atoms. The summed E-state index contributed by atoms with van der Waals surface area (Å²) in [5.41, 5.74) is 0. The van der Waals surface area contributed by atoms with Crippen LogP contribution in [0, 0.1) is 5.92 Å². The summed E-state index contributed by atoms with van der Waals surface area (Å²) < 4.78 is 5.06. The predicted octanol–water partition coefficient (Wildman–Crippen LogP) is 2.26. The predicted molar refractivity (Wildman–Crippen MR) is 76.4 cm³/mol. The first-order valence-electron chi connectivity index (χ1n) is 7.93. The fraction of sp³-hybridized carbons (Fsp3) is 0.867. The van der Waals surface area contributed by atoms with Crippen molar-refractivity contribution in [2.45, 2.75) is 45.4 Å². The first-order valence-corrected chi connectivity index (χ1v) is 7.93. The minimum Gasteiger partial charge on any atom is -0.466 e. The van der Waals surface area contributed by atoms with Crippen LogP contribution in [0.25, 0.3) is 0 Å². The molecule has 0 radical (unpaired) electrons. The number of amides is 2. The summed E-state index contributed by atoms with van der Waals surface area (Å²) in [6.45, 7) is 5.40. The molecule has 0 atom stereocenters. The fourth-order valence-corrected chi connectivity index (χ4v) is 3.03. The average molecular weight is 282 g/mol. The van der Waals surface area contributed by atoms with E-state index < -0.39 is 0 Å². The summed E-state index contributed by atoms with van der Waals surface area (Å²) >= 11 is 0.